The van der Waals surface area contributed by atoms with Crippen LogP contribution in [-0.2, 0) is 0 Å². The van der Waals surface area contributed by atoms with Gasteiger partial charge in [0.25, 0.3) is 0 Å². The largest absolute Gasteiger partial charge is 0.456 e. The minimum atomic E-state index is 0.771. The number of nitrogen functional groups attached to an aromatic ring is 1. The van der Waals surface area contributed by atoms with E-state index in [2.05, 4.69) is 0 Å². The normalized spacial score (nSPS) is 11.1. The predicted molar refractivity (Wildman–Crippen MR) is 58.1 cm³/mol. The van der Waals surface area contributed by atoms with Gasteiger partial charge in [0.1, 0.15) is 11.2 Å². The lowest BCUT2D eigenvalue weighted by molar-refractivity contribution is 0.669. The van der Waals surface area contributed by atoms with E-state index < -0.39 is 0 Å². The number of fused-ring (bicyclic) bond motifs is 3. The Labute approximate surface area is 80.9 Å². The summed E-state index contributed by atoms with van der Waals surface area (Å²) in [6.45, 7) is 0. The zero-order valence-electron chi connectivity index (χ0n) is 7.53. The molecular formula is C12H9NO. The molecule has 14 heavy (non-hydrogen) atoms. The van der Waals surface area contributed by atoms with Crippen molar-refractivity contribution in [3.8, 4) is 0 Å². The molecule has 0 aliphatic rings. The summed E-state index contributed by atoms with van der Waals surface area (Å²) >= 11 is 0. The molecule has 0 aliphatic heterocycles. The first-order valence-corrected chi connectivity index (χ1v) is 4.52. The van der Waals surface area contributed by atoms with Gasteiger partial charge in [-0.1, -0.05) is 24.3 Å². The molecular weight excluding hydrogens is 174 g/mol. The topological polar surface area (TPSA) is 39.2 Å². The van der Waals surface area contributed by atoms with Crippen LogP contribution in [0.3, 0.4) is 0 Å². The third-order valence-corrected chi connectivity index (χ3v) is 2.43. The second kappa shape index (κ2) is 2.51. The first kappa shape index (κ1) is 7.44. The lowest BCUT2D eigenvalue weighted by Crippen LogP contribution is -1.83. The van der Waals surface area contributed by atoms with Crippen molar-refractivity contribution in [2.24, 2.45) is 0 Å². The Balaban J connectivity index is 2.65. The van der Waals surface area contributed by atoms with Crippen molar-refractivity contribution < 1.29 is 4.42 Å². The molecule has 3 aromatic rings. The van der Waals surface area contributed by atoms with Gasteiger partial charge in [-0.2, -0.15) is 0 Å². The van der Waals surface area contributed by atoms with Crippen LogP contribution in [0.4, 0.5) is 5.69 Å². The summed E-state index contributed by atoms with van der Waals surface area (Å²) in [7, 11) is 0. The molecule has 1 heterocycles. The summed E-state index contributed by atoms with van der Waals surface area (Å²) in [5, 5.41) is 2.10. The number of hydrogen-bond acceptors (Lipinski definition) is 2. The van der Waals surface area contributed by atoms with E-state index >= 15 is 0 Å². The lowest BCUT2D eigenvalue weighted by Gasteiger charge is -1.93. The van der Waals surface area contributed by atoms with E-state index in [-0.39, 0.29) is 0 Å². The highest BCUT2D eigenvalue weighted by Crippen LogP contribution is 2.31. The van der Waals surface area contributed by atoms with Crippen molar-refractivity contribution in [1.82, 2.24) is 0 Å². The number of anilines is 1. The van der Waals surface area contributed by atoms with Gasteiger partial charge in [0.2, 0.25) is 0 Å². The Morgan fingerprint density at radius 3 is 2.57 bits per heavy atom. The van der Waals surface area contributed by atoms with Crippen LogP contribution in [0.5, 0.6) is 0 Å². The SMILES string of the molecule is Nc1cccc2oc3ccccc3c12. The zero-order valence-corrected chi connectivity index (χ0v) is 7.53. The minimum Gasteiger partial charge on any atom is -0.456 e. The van der Waals surface area contributed by atoms with E-state index in [1.807, 2.05) is 42.5 Å². The van der Waals surface area contributed by atoms with Crippen LogP contribution in [0.25, 0.3) is 21.9 Å². The van der Waals surface area contributed by atoms with Crippen LogP contribution in [0.1, 0.15) is 0 Å². The van der Waals surface area contributed by atoms with E-state index in [9.17, 15) is 0 Å². The Morgan fingerprint density at radius 2 is 1.64 bits per heavy atom. The molecule has 0 aliphatic carbocycles. The van der Waals surface area contributed by atoms with Gasteiger partial charge in [0, 0.05) is 11.1 Å². The highest BCUT2D eigenvalue weighted by Gasteiger charge is 2.07. The number of benzene rings is 2. The molecule has 0 saturated carbocycles. The van der Waals surface area contributed by atoms with Gasteiger partial charge in [0.05, 0.1) is 5.39 Å². The van der Waals surface area contributed by atoms with Crippen molar-refractivity contribution in [3.63, 3.8) is 0 Å². The van der Waals surface area contributed by atoms with Crippen molar-refractivity contribution in [1.29, 1.82) is 0 Å². The molecule has 2 nitrogen and oxygen atoms in total. The van der Waals surface area contributed by atoms with Crippen molar-refractivity contribution in [2.45, 2.75) is 0 Å². The molecule has 68 valence electrons. The molecule has 0 fully saturated rings. The summed E-state index contributed by atoms with van der Waals surface area (Å²) in [5.74, 6) is 0. The summed E-state index contributed by atoms with van der Waals surface area (Å²) in [6.07, 6.45) is 0. The van der Waals surface area contributed by atoms with E-state index in [0.717, 1.165) is 27.6 Å². The van der Waals surface area contributed by atoms with E-state index in [0.29, 0.717) is 0 Å². The molecule has 2 N–H and O–H groups in total. The number of furan rings is 1. The molecule has 0 atom stereocenters. The Hall–Kier alpha value is -1.96. The Kier molecular flexibility index (Phi) is 1.34. The number of nitrogens with two attached hydrogens (primary N) is 1. The molecule has 0 bridgehead atoms. The third kappa shape index (κ3) is 0.852. The van der Waals surface area contributed by atoms with Crippen LogP contribution in [-0.4, -0.2) is 0 Å². The highest BCUT2D eigenvalue weighted by molar-refractivity contribution is 6.10. The smallest absolute Gasteiger partial charge is 0.137 e. The molecule has 0 spiro atoms. The lowest BCUT2D eigenvalue weighted by atomic mass is 10.1. The maximum absolute atomic E-state index is 5.91. The van der Waals surface area contributed by atoms with Gasteiger partial charge in [-0.15, -0.1) is 0 Å². The summed E-state index contributed by atoms with van der Waals surface area (Å²) < 4.78 is 5.65. The Morgan fingerprint density at radius 1 is 0.857 bits per heavy atom. The summed E-state index contributed by atoms with van der Waals surface area (Å²) in [4.78, 5) is 0. The number of para-hydroxylation sites is 1. The maximum atomic E-state index is 5.91. The van der Waals surface area contributed by atoms with Crippen LogP contribution in [0, 0.1) is 0 Å². The third-order valence-electron chi connectivity index (χ3n) is 2.43. The molecule has 2 aromatic carbocycles. The maximum Gasteiger partial charge on any atom is 0.137 e. The molecule has 1 aromatic heterocycles. The molecule has 0 radical (unpaired) electrons. The highest BCUT2D eigenvalue weighted by atomic mass is 16.3. The summed E-state index contributed by atoms with van der Waals surface area (Å²) in [5.41, 5.74) is 8.42. The fraction of sp³-hybridized carbons (Fsp3) is 0. The van der Waals surface area contributed by atoms with E-state index in [1.54, 1.807) is 0 Å². The van der Waals surface area contributed by atoms with Crippen LogP contribution in [0.2, 0.25) is 0 Å². The first-order valence-electron chi connectivity index (χ1n) is 4.52. The van der Waals surface area contributed by atoms with Gasteiger partial charge >= 0.3 is 0 Å². The van der Waals surface area contributed by atoms with Crippen LogP contribution in [0.15, 0.2) is 46.9 Å². The fourth-order valence-corrected chi connectivity index (χ4v) is 1.80. The second-order valence-corrected chi connectivity index (χ2v) is 3.32. The van der Waals surface area contributed by atoms with E-state index in [4.69, 9.17) is 10.2 Å². The fourth-order valence-electron chi connectivity index (χ4n) is 1.80. The van der Waals surface area contributed by atoms with Gasteiger partial charge < -0.3 is 10.2 Å². The molecule has 0 saturated heterocycles. The van der Waals surface area contributed by atoms with Crippen molar-refractivity contribution >= 4 is 27.6 Å². The van der Waals surface area contributed by atoms with Crippen LogP contribution >= 0.6 is 0 Å². The quantitative estimate of drug-likeness (QED) is 0.544. The van der Waals surface area contributed by atoms with Gasteiger partial charge in [-0.25, -0.2) is 0 Å². The van der Waals surface area contributed by atoms with Crippen molar-refractivity contribution in [2.75, 3.05) is 5.73 Å². The van der Waals surface area contributed by atoms with Gasteiger partial charge in [-0.05, 0) is 18.2 Å². The number of rotatable bonds is 0. The minimum absolute atomic E-state index is 0.771. The molecule has 3 rings (SSSR count). The van der Waals surface area contributed by atoms with Gasteiger partial charge in [0.15, 0.2) is 0 Å². The van der Waals surface area contributed by atoms with E-state index in [1.165, 1.54) is 0 Å². The van der Waals surface area contributed by atoms with Crippen LogP contribution < -0.4 is 5.73 Å². The summed E-state index contributed by atoms with van der Waals surface area (Å²) in [6, 6.07) is 13.7. The standard InChI is InChI=1S/C12H9NO/c13-9-5-3-7-11-12(9)8-4-1-2-6-10(8)14-11/h1-7H,13H2. The molecule has 0 amide bonds. The van der Waals surface area contributed by atoms with Crippen molar-refractivity contribution in [3.05, 3.63) is 42.5 Å². The first-order chi connectivity index (χ1) is 6.86. The number of hydrogen-bond donors (Lipinski definition) is 1. The molecule has 0 unspecified atom stereocenters. The molecule has 2 heteroatoms. The zero-order chi connectivity index (χ0) is 9.54. The average Bonchev–Trinajstić information content (AvgIpc) is 2.57. The van der Waals surface area contributed by atoms with Gasteiger partial charge in [-0.3, -0.25) is 0 Å². The second-order valence-electron chi connectivity index (χ2n) is 3.32. The average molecular weight is 183 g/mol. The Bertz CT molecular complexity index is 610. The predicted octanol–water partition coefficient (Wildman–Crippen LogP) is 3.17. The monoisotopic (exact) mass is 183 g/mol.